The zero-order valence-electron chi connectivity index (χ0n) is 19.3. The summed E-state index contributed by atoms with van der Waals surface area (Å²) in [6.45, 7) is 6.90. The van der Waals surface area contributed by atoms with E-state index in [1.807, 2.05) is 0 Å². The molecule has 0 saturated carbocycles. The van der Waals surface area contributed by atoms with Crippen LogP contribution in [0, 0.1) is 0 Å². The molecule has 2 aliphatic rings. The van der Waals surface area contributed by atoms with Gasteiger partial charge in [0.25, 0.3) is 0 Å². The van der Waals surface area contributed by atoms with Crippen LogP contribution in [0.2, 0.25) is 0 Å². The summed E-state index contributed by atoms with van der Waals surface area (Å²) in [5.74, 6) is 0.862. The molecule has 2 heterocycles. The van der Waals surface area contributed by atoms with Crippen LogP contribution >= 0.6 is 24.0 Å². The van der Waals surface area contributed by atoms with Gasteiger partial charge in [-0.2, -0.15) is 0 Å². The first-order chi connectivity index (χ1) is 15.7. The van der Waals surface area contributed by atoms with Crippen LogP contribution in [0.25, 0.3) is 0 Å². The van der Waals surface area contributed by atoms with Gasteiger partial charge in [-0.3, -0.25) is 14.7 Å². The molecule has 2 saturated heterocycles. The van der Waals surface area contributed by atoms with E-state index in [9.17, 15) is 4.79 Å². The van der Waals surface area contributed by atoms with Crippen LogP contribution in [0.15, 0.2) is 53.5 Å². The fourth-order valence-electron chi connectivity index (χ4n) is 4.24. The fourth-order valence-corrected chi connectivity index (χ4v) is 4.24. The number of benzene rings is 2. The lowest BCUT2D eigenvalue weighted by Gasteiger charge is -2.28. The second-order valence-corrected chi connectivity index (χ2v) is 8.52. The fraction of sp³-hybridized carbons (Fsp3) is 0.440. The third-order valence-corrected chi connectivity index (χ3v) is 6.11. The molecule has 0 atom stereocenters. The molecule has 7 nitrogen and oxygen atoms in total. The lowest BCUT2D eigenvalue weighted by Crippen LogP contribution is -2.47. The van der Waals surface area contributed by atoms with Crippen molar-refractivity contribution in [1.82, 2.24) is 20.9 Å². The van der Waals surface area contributed by atoms with Crippen molar-refractivity contribution in [3.05, 3.63) is 65.2 Å². The number of piperazine rings is 1. The van der Waals surface area contributed by atoms with Gasteiger partial charge < -0.3 is 20.9 Å². The van der Waals surface area contributed by atoms with Gasteiger partial charge in [0.15, 0.2) is 5.96 Å². The van der Waals surface area contributed by atoms with Crippen LogP contribution in [-0.4, -0.2) is 56.5 Å². The number of halogens is 1. The van der Waals surface area contributed by atoms with Gasteiger partial charge in [-0.05, 0) is 54.8 Å². The molecule has 2 aliphatic heterocycles. The summed E-state index contributed by atoms with van der Waals surface area (Å²) in [6, 6.07) is 17.2. The summed E-state index contributed by atoms with van der Waals surface area (Å²) in [5, 5.41) is 9.63. The number of hydrogen-bond acceptors (Lipinski definition) is 4. The molecule has 0 unspecified atom stereocenters. The summed E-state index contributed by atoms with van der Waals surface area (Å²) >= 11 is 0. The average Bonchev–Trinajstić information content (AvgIpc) is 3.34. The normalized spacial score (nSPS) is 16.8. The number of rotatable bonds is 7. The Morgan fingerprint density at radius 3 is 2.06 bits per heavy atom. The predicted octanol–water partition coefficient (Wildman–Crippen LogP) is 2.70. The van der Waals surface area contributed by atoms with E-state index < -0.39 is 0 Å². The number of amides is 1. The molecular formula is C25H35IN6O. The number of guanidine groups is 1. The molecule has 0 aliphatic carbocycles. The highest BCUT2D eigenvalue weighted by molar-refractivity contribution is 14.0. The van der Waals surface area contributed by atoms with Crippen molar-refractivity contribution < 1.29 is 4.79 Å². The smallest absolute Gasteiger partial charge is 0.239 e. The Hall–Kier alpha value is -2.33. The van der Waals surface area contributed by atoms with Crippen LogP contribution in [0.1, 0.15) is 29.5 Å². The van der Waals surface area contributed by atoms with Crippen molar-refractivity contribution >= 4 is 41.5 Å². The molecule has 1 amide bonds. The van der Waals surface area contributed by atoms with Gasteiger partial charge in [-0.15, -0.1) is 24.0 Å². The monoisotopic (exact) mass is 562 g/mol. The number of nitrogens with zero attached hydrogens (tertiary/aromatic N) is 3. The molecule has 178 valence electrons. The van der Waals surface area contributed by atoms with Crippen molar-refractivity contribution in [3.8, 4) is 0 Å². The van der Waals surface area contributed by atoms with Gasteiger partial charge in [-0.1, -0.05) is 36.4 Å². The van der Waals surface area contributed by atoms with E-state index in [-0.39, 0.29) is 29.9 Å². The molecule has 2 aromatic carbocycles. The second-order valence-electron chi connectivity index (χ2n) is 8.52. The van der Waals surface area contributed by atoms with Crippen LogP contribution in [0.3, 0.4) is 0 Å². The number of anilines is 1. The lowest BCUT2D eigenvalue weighted by atomic mass is 10.1. The maximum absolute atomic E-state index is 11.6. The van der Waals surface area contributed by atoms with Crippen LogP contribution < -0.4 is 20.9 Å². The first-order valence-corrected chi connectivity index (χ1v) is 11.5. The number of carbonyl (C=O) groups excluding carboxylic acids is 1. The van der Waals surface area contributed by atoms with Crippen molar-refractivity contribution in [2.45, 2.75) is 32.5 Å². The third kappa shape index (κ3) is 7.60. The van der Waals surface area contributed by atoms with Gasteiger partial charge in [0.2, 0.25) is 5.91 Å². The van der Waals surface area contributed by atoms with E-state index in [1.165, 1.54) is 42.6 Å². The lowest BCUT2D eigenvalue weighted by molar-refractivity contribution is -0.120. The number of aliphatic imine (C=N–C) groups is 1. The predicted molar refractivity (Wildman–Crippen MR) is 145 cm³/mol. The minimum atomic E-state index is 0. The van der Waals surface area contributed by atoms with Gasteiger partial charge in [0.05, 0.1) is 6.54 Å². The number of carbonyl (C=O) groups is 1. The Morgan fingerprint density at radius 2 is 1.48 bits per heavy atom. The van der Waals surface area contributed by atoms with Gasteiger partial charge >= 0.3 is 0 Å². The molecule has 0 aromatic heterocycles. The maximum Gasteiger partial charge on any atom is 0.239 e. The quantitative estimate of drug-likeness (QED) is 0.275. The Bertz CT molecular complexity index is 909. The Kier molecular flexibility index (Phi) is 9.80. The van der Waals surface area contributed by atoms with Crippen molar-refractivity contribution in [2.75, 3.05) is 44.7 Å². The molecule has 2 fully saturated rings. The van der Waals surface area contributed by atoms with E-state index in [1.54, 1.807) is 7.05 Å². The Balaban J connectivity index is 0.00000306. The van der Waals surface area contributed by atoms with Crippen LogP contribution in [-0.2, 0) is 24.4 Å². The third-order valence-electron chi connectivity index (χ3n) is 6.11. The Morgan fingerprint density at radius 1 is 0.909 bits per heavy atom. The summed E-state index contributed by atoms with van der Waals surface area (Å²) in [6.07, 6.45) is 2.66. The molecule has 2 aromatic rings. The summed E-state index contributed by atoms with van der Waals surface area (Å²) in [4.78, 5) is 20.6. The summed E-state index contributed by atoms with van der Waals surface area (Å²) in [7, 11) is 1.79. The second kappa shape index (κ2) is 12.8. The van der Waals surface area contributed by atoms with Crippen molar-refractivity contribution in [1.29, 1.82) is 0 Å². The molecular weight excluding hydrogens is 527 g/mol. The highest BCUT2D eigenvalue weighted by atomic mass is 127. The van der Waals surface area contributed by atoms with Crippen LogP contribution in [0.4, 0.5) is 5.69 Å². The van der Waals surface area contributed by atoms with E-state index in [2.05, 4.69) is 79.3 Å². The minimum Gasteiger partial charge on any atom is -0.360 e. The maximum atomic E-state index is 11.6. The highest BCUT2D eigenvalue weighted by Gasteiger charge is 2.16. The number of likely N-dealkylation sites (tertiary alicyclic amines) is 1. The largest absolute Gasteiger partial charge is 0.360 e. The average molecular weight is 563 g/mol. The first kappa shape index (κ1) is 25.3. The molecule has 0 spiro atoms. The molecule has 4 rings (SSSR count). The van der Waals surface area contributed by atoms with E-state index in [4.69, 9.17) is 0 Å². The number of hydrogen-bond donors (Lipinski definition) is 3. The van der Waals surface area contributed by atoms with Crippen molar-refractivity contribution in [3.63, 3.8) is 0 Å². The topological polar surface area (TPSA) is 72.0 Å². The minimum absolute atomic E-state index is 0. The van der Waals surface area contributed by atoms with Crippen molar-refractivity contribution in [2.24, 2.45) is 4.99 Å². The zero-order chi connectivity index (χ0) is 22.2. The van der Waals surface area contributed by atoms with E-state index in [0.717, 1.165) is 31.3 Å². The van der Waals surface area contributed by atoms with Gasteiger partial charge in [-0.25, -0.2) is 0 Å². The summed E-state index contributed by atoms with van der Waals surface area (Å²) in [5.41, 5.74) is 4.88. The molecule has 3 N–H and O–H groups in total. The van der Waals surface area contributed by atoms with Crippen LogP contribution in [0.5, 0.6) is 0 Å². The highest BCUT2D eigenvalue weighted by Crippen LogP contribution is 2.16. The number of nitrogens with one attached hydrogen (secondary N) is 3. The zero-order valence-corrected chi connectivity index (χ0v) is 21.7. The SMILES string of the molecule is CN=C(NCc1ccc(CN2CCCC2)cc1)NCc1ccc(N2CCNC(=O)C2)cc1.I. The van der Waals surface area contributed by atoms with E-state index >= 15 is 0 Å². The van der Waals surface area contributed by atoms with E-state index in [0.29, 0.717) is 19.6 Å². The molecule has 8 heteroatoms. The first-order valence-electron chi connectivity index (χ1n) is 11.5. The van der Waals surface area contributed by atoms with Gasteiger partial charge in [0.1, 0.15) is 0 Å². The summed E-state index contributed by atoms with van der Waals surface area (Å²) < 4.78 is 0. The standard InChI is InChI=1S/C25H34N6O.HI/c1-26-25(28-16-20-4-6-22(7-5-20)18-30-13-2-3-14-30)29-17-21-8-10-23(11-9-21)31-15-12-27-24(32)19-31;/h4-11H,2-3,12-19H2,1H3,(H,27,32)(H2,26,28,29);1H. The van der Waals surface area contributed by atoms with Gasteiger partial charge in [0, 0.05) is 45.5 Å². The molecule has 33 heavy (non-hydrogen) atoms. The molecule has 0 radical (unpaired) electrons. The Labute approximate surface area is 214 Å². The molecule has 0 bridgehead atoms.